The molecule has 5 rings (SSSR count). The maximum Gasteiger partial charge on any atom is 0.291 e. The van der Waals surface area contributed by atoms with Crippen molar-refractivity contribution in [2.75, 3.05) is 31.5 Å². The van der Waals surface area contributed by atoms with E-state index in [0.29, 0.717) is 17.3 Å². The molecule has 0 unspecified atom stereocenters. The summed E-state index contributed by atoms with van der Waals surface area (Å²) in [6, 6.07) is 8.18. The summed E-state index contributed by atoms with van der Waals surface area (Å²) < 4.78 is 6.00. The molecule has 31 heavy (non-hydrogen) atoms. The first-order valence-electron chi connectivity index (χ1n) is 12.1. The minimum atomic E-state index is -0.102. The van der Waals surface area contributed by atoms with Gasteiger partial charge >= 0.3 is 0 Å². The molecule has 0 bridgehead atoms. The van der Waals surface area contributed by atoms with Crippen LogP contribution in [0.4, 0.5) is 5.69 Å². The van der Waals surface area contributed by atoms with Gasteiger partial charge in [-0.2, -0.15) is 0 Å². The molecular weight excluding hydrogens is 390 g/mol. The first kappa shape index (κ1) is 20.6. The highest BCUT2D eigenvalue weighted by Gasteiger charge is 2.32. The van der Waals surface area contributed by atoms with Crippen LogP contribution in [0.1, 0.15) is 68.3 Å². The van der Waals surface area contributed by atoms with Crippen molar-refractivity contribution in [3.05, 3.63) is 30.0 Å². The highest BCUT2D eigenvalue weighted by Crippen LogP contribution is 2.34. The molecule has 0 atom stereocenters. The van der Waals surface area contributed by atoms with E-state index in [1.54, 1.807) is 0 Å². The van der Waals surface area contributed by atoms with Gasteiger partial charge in [-0.05, 0) is 63.7 Å². The number of fused-ring (bicyclic) bond motifs is 1. The summed E-state index contributed by atoms with van der Waals surface area (Å²) in [7, 11) is 0. The van der Waals surface area contributed by atoms with Gasteiger partial charge in [0.2, 0.25) is 11.7 Å². The highest BCUT2D eigenvalue weighted by atomic mass is 16.3. The predicted molar refractivity (Wildman–Crippen MR) is 121 cm³/mol. The van der Waals surface area contributed by atoms with Gasteiger partial charge in [-0.25, -0.2) is 0 Å². The number of nitrogens with one attached hydrogen (secondary N) is 1. The molecule has 166 valence electrons. The fraction of sp³-hybridized carbons (Fsp3) is 0.600. The van der Waals surface area contributed by atoms with Crippen LogP contribution < -0.4 is 5.32 Å². The zero-order valence-corrected chi connectivity index (χ0v) is 18.3. The average Bonchev–Trinajstić information content (AvgIpc) is 3.48. The highest BCUT2D eigenvalue weighted by molar-refractivity contribution is 6.11. The van der Waals surface area contributed by atoms with Crippen LogP contribution in [0.15, 0.2) is 28.7 Å². The van der Waals surface area contributed by atoms with Crippen LogP contribution in [0, 0.1) is 5.92 Å². The number of hydrogen-bond acceptors (Lipinski definition) is 4. The van der Waals surface area contributed by atoms with Crippen molar-refractivity contribution in [3.63, 3.8) is 0 Å². The molecule has 3 aliphatic rings. The number of nitrogens with zero attached hydrogens (tertiary/aromatic N) is 2. The summed E-state index contributed by atoms with van der Waals surface area (Å²) in [5, 5.41) is 3.87. The summed E-state index contributed by atoms with van der Waals surface area (Å²) in [5.74, 6) is 0.234. The van der Waals surface area contributed by atoms with Crippen LogP contribution in [0.5, 0.6) is 0 Å². The number of para-hydroxylation sites is 1. The number of hydrogen-bond donors (Lipinski definition) is 1. The van der Waals surface area contributed by atoms with Gasteiger partial charge in [-0.15, -0.1) is 0 Å². The molecular formula is C25H33N3O3. The van der Waals surface area contributed by atoms with Gasteiger partial charge in [0.25, 0.3) is 5.91 Å². The minimum Gasteiger partial charge on any atom is -0.449 e. The number of carbonyl (C=O) groups excluding carboxylic acids is 2. The van der Waals surface area contributed by atoms with Gasteiger partial charge in [0.1, 0.15) is 11.3 Å². The van der Waals surface area contributed by atoms with E-state index in [-0.39, 0.29) is 23.5 Å². The van der Waals surface area contributed by atoms with Crippen LogP contribution in [-0.2, 0) is 4.79 Å². The van der Waals surface area contributed by atoms with Crippen molar-refractivity contribution >= 4 is 28.5 Å². The Kier molecular flexibility index (Phi) is 5.99. The van der Waals surface area contributed by atoms with Crippen LogP contribution in [0.2, 0.25) is 0 Å². The number of benzene rings is 1. The molecule has 2 aromatic rings. The van der Waals surface area contributed by atoms with E-state index in [2.05, 4.69) is 10.2 Å². The lowest BCUT2D eigenvalue weighted by Gasteiger charge is -2.40. The van der Waals surface area contributed by atoms with Crippen molar-refractivity contribution in [2.45, 2.75) is 63.8 Å². The molecule has 1 aromatic heterocycles. The molecule has 6 heteroatoms. The third-order valence-corrected chi connectivity index (χ3v) is 7.42. The quantitative estimate of drug-likeness (QED) is 0.777. The number of carbonyl (C=O) groups is 2. The largest absolute Gasteiger partial charge is 0.449 e. The molecule has 1 aliphatic carbocycles. The molecule has 2 amide bonds. The van der Waals surface area contributed by atoms with E-state index < -0.39 is 0 Å². The monoisotopic (exact) mass is 423 g/mol. The Balaban J connectivity index is 1.33. The molecule has 3 fully saturated rings. The Morgan fingerprint density at radius 1 is 0.871 bits per heavy atom. The van der Waals surface area contributed by atoms with E-state index in [4.69, 9.17) is 4.42 Å². The van der Waals surface area contributed by atoms with Crippen LogP contribution in [0.25, 0.3) is 11.0 Å². The van der Waals surface area contributed by atoms with Gasteiger partial charge < -0.3 is 19.5 Å². The Bertz CT molecular complexity index is 933. The number of rotatable bonds is 4. The summed E-state index contributed by atoms with van der Waals surface area (Å²) in [6.45, 7) is 3.87. The number of furan rings is 1. The van der Waals surface area contributed by atoms with Crippen molar-refractivity contribution in [3.8, 4) is 0 Å². The molecule has 1 N–H and O–H groups in total. The first-order chi connectivity index (χ1) is 15.2. The standard InChI is InChI=1S/C25H33N3O3/c29-24(18-8-2-3-9-18)26-22-20-10-4-5-11-21(20)31-23(22)25(30)28-16-12-19(13-17-28)27-14-6-1-7-15-27/h4-5,10-11,18-19H,1-3,6-9,12-17H2,(H,26,29). The smallest absolute Gasteiger partial charge is 0.291 e. The van der Waals surface area contributed by atoms with E-state index >= 15 is 0 Å². The summed E-state index contributed by atoms with van der Waals surface area (Å²) >= 11 is 0. The average molecular weight is 424 g/mol. The van der Waals surface area contributed by atoms with E-state index in [1.807, 2.05) is 29.2 Å². The number of anilines is 1. The normalized spacial score (nSPS) is 21.6. The summed E-state index contributed by atoms with van der Waals surface area (Å²) in [6.07, 6.45) is 10.00. The Labute approximate surface area is 183 Å². The molecule has 2 aliphatic heterocycles. The van der Waals surface area contributed by atoms with Gasteiger partial charge in [-0.3, -0.25) is 9.59 Å². The second kappa shape index (κ2) is 9.03. The van der Waals surface area contributed by atoms with Gasteiger partial charge in [0, 0.05) is 30.4 Å². The molecule has 3 heterocycles. The first-order valence-corrected chi connectivity index (χ1v) is 12.1. The SMILES string of the molecule is O=C(Nc1c(C(=O)N2CCC(N3CCCCC3)CC2)oc2ccccc12)C1CCCC1. The molecule has 1 aromatic carbocycles. The van der Waals surface area contributed by atoms with Gasteiger partial charge in [-0.1, -0.05) is 31.4 Å². The molecule has 0 radical (unpaired) electrons. The fourth-order valence-corrected chi connectivity index (χ4v) is 5.59. The number of amides is 2. The second-order valence-electron chi connectivity index (χ2n) is 9.39. The maximum atomic E-state index is 13.4. The van der Waals surface area contributed by atoms with Crippen molar-refractivity contribution in [1.82, 2.24) is 9.80 Å². The zero-order valence-electron chi connectivity index (χ0n) is 18.3. The third-order valence-electron chi connectivity index (χ3n) is 7.42. The zero-order chi connectivity index (χ0) is 21.2. The lowest BCUT2D eigenvalue weighted by Crippen LogP contribution is -2.48. The maximum absolute atomic E-state index is 13.4. The summed E-state index contributed by atoms with van der Waals surface area (Å²) in [5.41, 5.74) is 1.20. The van der Waals surface area contributed by atoms with Crippen molar-refractivity contribution < 1.29 is 14.0 Å². The molecule has 1 saturated carbocycles. The molecule has 2 saturated heterocycles. The van der Waals surface area contributed by atoms with E-state index in [0.717, 1.165) is 57.0 Å². The van der Waals surface area contributed by atoms with Crippen LogP contribution >= 0.6 is 0 Å². The van der Waals surface area contributed by atoms with Gasteiger partial charge in [0.05, 0.1) is 0 Å². The van der Waals surface area contributed by atoms with Crippen molar-refractivity contribution in [1.29, 1.82) is 0 Å². The minimum absolute atomic E-state index is 0.0157. The van der Waals surface area contributed by atoms with Crippen LogP contribution in [0.3, 0.4) is 0 Å². The third kappa shape index (κ3) is 4.22. The fourth-order valence-electron chi connectivity index (χ4n) is 5.59. The lowest BCUT2D eigenvalue weighted by molar-refractivity contribution is -0.119. The topological polar surface area (TPSA) is 65.8 Å². The number of piperidine rings is 2. The Morgan fingerprint density at radius 3 is 2.32 bits per heavy atom. The Hall–Kier alpha value is -2.34. The van der Waals surface area contributed by atoms with E-state index in [9.17, 15) is 9.59 Å². The molecule has 0 spiro atoms. The van der Waals surface area contributed by atoms with Gasteiger partial charge in [0.15, 0.2) is 0 Å². The predicted octanol–water partition coefficient (Wildman–Crippen LogP) is 4.65. The van der Waals surface area contributed by atoms with Crippen LogP contribution in [-0.4, -0.2) is 53.8 Å². The second-order valence-corrected chi connectivity index (χ2v) is 9.39. The van der Waals surface area contributed by atoms with Crippen molar-refractivity contribution in [2.24, 2.45) is 5.92 Å². The van der Waals surface area contributed by atoms with E-state index in [1.165, 1.54) is 32.4 Å². The Morgan fingerprint density at radius 2 is 1.58 bits per heavy atom. The lowest BCUT2D eigenvalue weighted by atomic mass is 9.99. The molecule has 6 nitrogen and oxygen atoms in total. The summed E-state index contributed by atoms with van der Waals surface area (Å²) in [4.78, 5) is 30.8. The number of likely N-dealkylation sites (tertiary alicyclic amines) is 2.